The number of hydrogen-bond acceptors (Lipinski definition) is 1. The van der Waals surface area contributed by atoms with Gasteiger partial charge in [-0.05, 0) is 65.0 Å². The van der Waals surface area contributed by atoms with Crippen molar-refractivity contribution in [3.8, 4) is 16.8 Å². The number of nitrogens with zero attached hydrogens (tertiary/aromatic N) is 3. The molecule has 0 aliphatic heterocycles. The van der Waals surface area contributed by atoms with Crippen LogP contribution in [0.5, 0.6) is 0 Å². The zero-order chi connectivity index (χ0) is 26.2. The molecule has 3 nitrogen and oxygen atoms in total. The highest BCUT2D eigenvalue weighted by atomic mass is 15.0. The monoisotopic (exact) mass is 509 g/mol. The lowest BCUT2D eigenvalue weighted by Gasteiger charge is -2.12. The molecule has 0 radical (unpaired) electrons. The summed E-state index contributed by atoms with van der Waals surface area (Å²) in [6.45, 7) is 0. The Kier molecular flexibility index (Phi) is 4.33. The molecule has 0 N–H and O–H groups in total. The largest absolute Gasteiger partial charge is 0.309 e. The molecule has 0 aliphatic carbocycles. The fourth-order valence-corrected chi connectivity index (χ4v) is 6.50. The molecule has 186 valence electrons. The van der Waals surface area contributed by atoms with Gasteiger partial charge < -0.3 is 4.57 Å². The Bertz CT molecular complexity index is 2430. The average molecular weight is 510 g/mol. The zero-order valence-electron chi connectivity index (χ0n) is 21.6. The van der Waals surface area contributed by atoms with Gasteiger partial charge in [0.1, 0.15) is 5.65 Å². The summed E-state index contributed by atoms with van der Waals surface area (Å²) in [6, 6.07) is 50.1. The van der Waals surface area contributed by atoms with Crippen molar-refractivity contribution in [3.63, 3.8) is 0 Å². The Balaban J connectivity index is 1.46. The van der Waals surface area contributed by atoms with Gasteiger partial charge in [-0.15, -0.1) is 0 Å². The van der Waals surface area contributed by atoms with Gasteiger partial charge in [0.05, 0.1) is 27.6 Å². The molecule has 0 fully saturated rings. The molecule has 9 aromatic rings. The van der Waals surface area contributed by atoms with E-state index in [1.165, 1.54) is 49.2 Å². The second kappa shape index (κ2) is 8.05. The second-order valence-electron chi connectivity index (χ2n) is 10.5. The van der Waals surface area contributed by atoms with Crippen LogP contribution in [0.15, 0.2) is 140 Å². The molecule has 9 rings (SSSR count). The van der Waals surface area contributed by atoms with Crippen LogP contribution >= 0.6 is 0 Å². The number of para-hydroxylation sites is 4. The van der Waals surface area contributed by atoms with Crippen molar-refractivity contribution in [2.24, 2.45) is 0 Å². The van der Waals surface area contributed by atoms with Crippen LogP contribution in [0.3, 0.4) is 0 Å². The first-order valence-corrected chi connectivity index (χ1v) is 13.7. The maximum absolute atomic E-state index is 5.16. The molecule has 0 aliphatic rings. The van der Waals surface area contributed by atoms with Crippen molar-refractivity contribution in [1.29, 1.82) is 0 Å². The van der Waals surface area contributed by atoms with Crippen LogP contribution in [0.25, 0.3) is 77.0 Å². The molecular formula is C37H23N3. The summed E-state index contributed by atoms with van der Waals surface area (Å²) in [4.78, 5) is 5.16. The average Bonchev–Trinajstić information content (AvgIpc) is 3.57. The second-order valence-corrected chi connectivity index (χ2v) is 10.5. The summed E-state index contributed by atoms with van der Waals surface area (Å²) in [5.41, 5.74) is 10.3. The van der Waals surface area contributed by atoms with E-state index in [9.17, 15) is 0 Å². The smallest absolute Gasteiger partial charge is 0.146 e. The summed E-state index contributed by atoms with van der Waals surface area (Å²) < 4.78 is 4.73. The molecule has 0 amide bonds. The number of hydrogen-bond donors (Lipinski definition) is 0. The minimum absolute atomic E-state index is 0.992. The predicted molar refractivity (Wildman–Crippen MR) is 167 cm³/mol. The maximum Gasteiger partial charge on any atom is 0.146 e. The van der Waals surface area contributed by atoms with Gasteiger partial charge in [0.15, 0.2) is 0 Å². The lowest BCUT2D eigenvalue weighted by atomic mass is 10.0. The normalized spacial score (nSPS) is 12.0. The van der Waals surface area contributed by atoms with E-state index in [4.69, 9.17) is 4.98 Å². The van der Waals surface area contributed by atoms with Gasteiger partial charge >= 0.3 is 0 Å². The van der Waals surface area contributed by atoms with E-state index in [0.29, 0.717) is 0 Å². The van der Waals surface area contributed by atoms with Gasteiger partial charge in [0.2, 0.25) is 0 Å². The summed E-state index contributed by atoms with van der Waals surface area (Å²) in [6.07, 6.45) is 0. The predicted octanol–water partition coefficient (Wildman–Crippen LogP) is 9.56. The fourth-order valence-electron chi connectivity index (χ4n) is 6.50. The van der Waals surface area contributed by atoms with E-state index in [1.54, 1.807) is 0 Å². The highest BCUT2D eigenvalue weighted by molar-refractivity contribution is 6.21. The highest BCUT2D eigenvalue weighted by Gasteiger charge is 2.18. The van der Waals surface area contributed by atoms with E-state index in [2.05, 4.69) is 148 Å². The van der Waals surface area contributed by atoms with Crippen molar-refractivity contribution in [2.45, 2.75) is 0 Å². The van der Waals surface area contributed by atoms with E-state index in [0.717, 1.165) is 27.8 Å². The van der Waals surface area contributed by atoms with Crippen LogP contribution in [-0.4, -0.2) is 14.0 Å². The molecule has 3 heteroatoms. The number of aromatic nitrogens is 3. The van der Waals surface area contributed by atoms with Crippen LogP contribution in [0.4, 0.5) is 0 Å². The number of rotatable bonds is 2. The minimum Gasteiger partial charge on any atom is -0.309 e. The van der Waals surface area contributed by atoms with Crippen LogP contribution in [0.2, 0.25) is 0 Å². The third-order valence-electron chi connectivity index (χ3n) is 8.26. The first-order valence-electron chi connectivity index (χ1n) is 13.7. The van der Waals surface area contributed by atoms with Crippen molar-refractivity contribution >= 4 is 60.2 Å². The molecule has 0 unspecified atom stereocenters. The Labute approximate surface area is 230 Å². The Morgan fingerprint density at radius 1 is 0.400 bits per heavy atom. The molecule has 3 aromatic heterocycles. The van der Waals surface area contributed by atoms with Gasteiger partial charge in [-0.3, -0.25) is 4.40 Å². The number of benzene rings is 6. The SMILES string of the molecule is c1ccc(-c2cccc(-n3c4ccccc4c4cc5c6ccccc6n6c7ccccc7nc6c5cc43)c2)cc1. The molecule has 0 saturated carbocycles. The van der Waals surface area contributed by atoms with Gasteiger partial charge in [-0.2, -0.15) is 0 Å². The summed E-state index contributed by atoms with van der Waals surface area (Å²) in [7, 11) is 0. The molecule has 0 saturated heterocycles. The van der Waals surface area contributed by atoms with E-state index < -0.39 is 0 Å². The van der Waals surface area contributed by atoms with E-state index in [1.807, 2.05) is 0 Å². The molecule has 0 bridgehead atoms. The lowest BCUT2D eigenvalue weighted by molar-refractivity contribution is 1.18. The van der Waals surface area contributed by atoms with Gasteiger partial charge in [-0.1, -0.05) is 91.0 Å². The zero-order valence-corrected chi connectivity index (χ0v) is 21.6. The first-order chi connectivity index (χ1) is 19.8. The Morgan fingerprint density at radius 3 is 1.93 bits per heavy atom. The lowest BCUT2D eigenvalue weighted by Crippen LogP contribution is -1.95. The van der Waals surface area contributed by atoms with E-state index in [-0.39, 0.29) is 0 Å². The van der Waals surface area contributed by atoms with Crippen molar-refractivity contribution < 1.29 is 0 Å². The third-order valence-corrected chi connectivity index (χ3v) is 8.26. The highest BCUT2D eigenvalue weighted by Crippen LogP contribution is 2.39. The van der Waals surface area contributed by atoms with Crippen molar-refractivity contribution in [2.75, 3.05) is 0 Å². The van der Waals surface area contributed by atoms with Gasteiger partial charge in [-0.25, -0.2) is 4.98 Å². The maximum atomic E-state index is 5.16. The molecule has 3 heterocycles. The van der Waals surface area contributed by atoms with Crippen LogP contribution in [0, 0.1) is 0 Å². The van der Waals surface area contributed by atoms with Gasteiger partial charge in [0, 0.05) is 27.2 Å². The minimum atomic E-state index is 0.992. The van der Waals surface area contributed by atoms with Gasteiger partial charge in [0.25, 0.3) is 0 Å². The molecular weight excluding hydrogens is 486 g/mol. The topological polar surface area (TPSA) is 22.2 Å². The first kappa shape index (κ1) is 21.5. The van der Waals surface area contributed by atoms with Crippen molar-refractivity contribution in [3.05, 3.63) is 140 Å². The summed E-state index contributed by atoms with van der Waals surface area (Å²) in [5, 5.41) is 6.12. The van der Waals surface area contributed by atoms with E-state index >= 15 is 0 Å². The number of fused-ring (bicyclic) bond motifs is 11. The Morgan fingerprint density at radius 2 is 1.07 bits per heavy atom. The number of imidazole rings is 1. The quantitative estimate of drug-likeness (QED) is 0.213. The fraction of sp³-hybridized carbons (Fsp3) is 0. The number of pyridine rings is 1. The van der Waals surface area contributed by atoms with Crippen LogP contribution in [-0.2, 0) is 0 Å². The molecule has 0 spiro atoms. The van der Waals surface area contributed by atoms with Crippen LogP contribution < -0.4 is 0 Å². The summed E-state index contributed by atoms with van der Waals surface area (Å²) in [5.74, 6) is 0. The third kappa shape index (κ3) is 2.92. The molecule has 6 aromatic carbocycles. The Hall–Kier alpha value is -5.41. The van der Waals surface area contributed by atoms with Crippen LogP contribution in [0.1, 0.15) is 0 Å². The molecule has 40 heavy (non-hydrogen) atoms. The summed E-state index contributed by atoms with van der Waals surface area (Å²) >= 11 is 0. The molecule has 0 atom stereocenters. The van der Waals surface area contributed by atoms with Crippen molar-refractivity contribution in [1.82, 2.24) is 14.0 Å². The standard InChI is InChI=1S/C37H23N3/c1-2-11-24(12-3-1)25-13-10-14-26(21-25)39-33-18-7-5-16-28(33)30-22-29-27-15-4-8-19-34(27)40-35-20-9-6-17-32(35)38-37(40)31(29)23-36(30)39/h1-23H.